The molecule has 1 heterocycles. The van der Waals surface area contributed by atoms with Gasteiger partial charge in [0.2, 0.25) is 5.91 Å². The molecule has 0 bridgehead atoms. The third-order valence-corrected chi connectivity index (χ3v) is 3.95. The smallest absolute Gasteiger partial charge is 0.325 e. The zero-order valence-electron chi connectivity index (χ0n) is 13.7. The van der Waals surface area contributed by atoms with Gasteiger partial charge in [0.1, 0.15) is 18.1 Å². The van der Waals surface area contributed by atoms with Crippen LogP contribution in [-0.4, -0.2) is 43.6 Å². The fourth-order valence-corrected chi connectivity index (χ4v) is 2.73. The number of benzene rings is 2. The van der Waals surface area contributed by atoms with Crippen molar-refractivity contribution in [1.82, 2.24) is 4.90 Å². The summed E-state index contributed by atoms with van der Waals surface area (Å²) in [6, 6.07) is 12.8. The van der Waals surface area contributed by atoms with Gasteiger partial charge in [-0.1, -0.05) is 24.3 Å². The number of ether oxygens (including phenoxy) is 1. The average molecular weight is 343 g/mol. The molecule has 0 aromatic heterocycles. The molecule has 25 heavy (non-hydrogen) atoms. The first-order valence-electron chi connectivity index (χ1n) is 7.84. The number of halogens is 1. The number of urea groups is 1. The van der Waals surface area contributed by atoms with E-state index in [0.29, 0.717) is 24.5 Å². The number of amides is 3. The Hall–Kier alpha value is -3.09. The highest BCUT2D eigenvalue weighted by Crippen LogP contribution is 2.30. The minimum atomic E-state index is -0.515. The predicted molar refractivity (Wildman–Crippen MR) is 92.3 cm³/mol. The first-order valence-corrected chi connectivity index (χ1v) is 7.84. The number of anilines is 2. The maximum Gasteiger partial charge on any atom is 0.325 e. The van der Waals surface area contributed by atoms with Crippen molar-refractivity contribution in [3.8, 4) is 5.75 Å². The summed E-state index contributed by atoms with van der Waals surface area (Å²) >= 11 is 0. The fourth-order valence-electron chi connectivity index (χ4n) is 2.73. The van der Waals surface area contributed by atoms with E-state index in [9.17, 15) is 14.0 Å². The molecule has 1 fully saturated rings. The van der Waals surface area contributed by atoms with Gasteiger partial charge in [-0.3, -0.25) is 9.69 Å². The molecule has 3 rings (SSSR count). The lowest BCUT2D eigenvalue weighted by Gasteiger charge is -2.20. The maximum absolute atomic E-state index is 13.6. The fraction of sp³-hybridized carbons (Fsp3) is 0.222. The lowest BCUT2D eigenvalue weighted by Crippen LogP contribution is -2.37. The van der Waals surface area contributed by atoms with Crippen LogP contribution < -0.4 is 15.0 Å². The molecule has 7 heteroatoms. The Balaban J connectivity index is 1.66. The van der Waals surface area contributed by atoms with Crippen LogP contribution in [0.1, 0.15) is 0 Å². The van der Waals surface area contributed by atoms with Crippen molar-refractivity contribution in [3.63, 3.8) is 0 Å². The van der Waals surface area contributed by atoms with Gasteiger partial charge in [-0.2, -0.15) is 0 Å². The van der Waals surface area contributed by atoms with Gasteiger partial charge in [0.25, 0.3) is 0 Å². The lowest BCUT2D eigenvalue weighted by molar-refractivity contribution is -0.116. The number of hydrogen-bond donors (Lipinski definition) is 1. The predicted octanol–water partition coefficient (Wildman–Crippen LogP) is 2.72. The Morgan fingerprint density at radius 1 is 1.16 bits per heavy atom. The van der Waals surface area contributed by atoms with Gasteiger partial charge in [0.05, 0.1) is 18.5 Å². The molecule has 0 spiro atoms. The van der Waals surface area contributed by atoms with E-state index in [1.807, 2.05) is 12.1 Å². The van der Waals surface area contributed by atoms with Crippen molar-refractivity contribution in [2.75, 3.05) is 37.0 Å². The van der Waals surface area contributed by atoms with Crippen LogP contribution in [0.2, 0.25) is 0 Å². The van der Waals surface area contributed by atoms with Crippen molar-refractivity contribution in [2.24, 2.45) is 0 Å². The standard InChI is InChI=1S/C18H18FN3O3/c1-25-16-9-5-4-8-15(16)22-11-10-21(18(22)24)12-17(23)20-14-7-3-2-6-13(14)19/h2-9H,10-12H2,1H3,(H,20,23). The van der Waals surface area contributed by atoms with Crippen LogP contribution in [0.25, 0.3) is 0 Å². The molecule has 1 aliphatic rings. The molecule has 3 amide bonds. The Bertz CT molecular complexity index is 797. The third kappa shape index (κ3) is 3.55. The summed E-state index contributed by atoms with van der Waals surface area (Å²) in [6.07, 6.45) is 0. The SMILES string of the molecule is COc1ccccc1N1CCN(CC(=O)Nc2ccccc2F)C1=O. The summed E-state index contributed by atoms with van der Waals surface area (Å²) in [5.41, 5.74) is 0.757. The molecule has 1 N–H and O–H groups in total. The molecule has 0 radical (unpaired) electrons. The minimum Gasteiger partial charge on any atom is -0.495 e. The number of para-hydroxylation sites is 3. The van der Waals surface area contributed by atoms with E-state index in [2.05, 4.69) is 5.32 Å². The van der Waals surface area contributed by atoms with Crippen molar-refractivity contribution < 1.29 is 18.7 Å². The van der Waals surface area contributed by atoms with E-state index in [4.69, 9.17) is 4.74 Å². The molecular weight excluding hydrogens is 325 g/mol. The molecular formula is C18H18FN3O3. The number of carbonyl (C=O) groups excluding carboxylic acids is 2. The van der Waals surface area contributed by atoms with Crippen LogP contribution in [0, 0.1) is 5.82 Å². The van der Waals surface area contributed by atoms with E-state index in [1.54, 1.807) is 36.3 Å². The molecule has 1 aliphatic heterocycles. The summed E-state index contributed by atoms with van der Waals surface area (Å²) in [5, 5.41) is 2.48. The number of methoxy groups -OCH3 is 1. The van der Waals surface area contributed by atoms with Crippen LogP contribution in [0.5, 0.6) is 5.75 Å². The van der Waals surface area contributed by atoms with Crippen LogP contribution in [0.15, 0.2) is 48.5 Å². The minimum absolute atomic E-state index is 0.0979. The molecule has 6 nitrogen and oxygen atoms in total. The zero-order valence-corrected chi connectivity index (χ0v) is 13.7. The van der Waals surface area contributed by atoms with E-state index in [-0.39, 0.29) is 18.3 Å². The third-order valence-electron chi connectivity index (χ3n) is 3.95. The lowest BCUT2D eigenvalue weighted by atomic mass is 10.2. The van der Waals surface area contributed by atoms with E-state index < -0.39 is 11.7 Å². The second kappa shape index (κ2) is 7.21. The van der Waals surface area contributed by atoms with Crippen LogP contribution in [0.3, 0.4) is 0 Å². The van der Waals surface area contributed by atoms with Gasteiger partial charge < -0.3 is 15.0 Å². The number of nitrogens with one attached hydrogen (secondary N) is 1. The number of nitrogens with zero attached hydrogens (tertiary/aromatic N) is 2. The maximum atomic E-state index is 13.6. The van der Waals surface area contributed by atoms with E-state index in [0.717, 1.165) is 0 Å². The monoisotopic (exact) mass is 343 g/mol. The highest BCUT2D eigenvalue weighted by Gasteiger charge is 2.32. The number of hydrogen-bond acceptors (Lipinski definition) is 3. The van der Waals surface area contributed by atoms with E-state index >= 15 is 0 Å². The van der Waals surface area contributed by atoms with Gasteiger partial charge >= 0.3 is 6.03 Å². The topological polar surface area (TPSA) is 61.9 Å². The Kier molecular flexibility index (Phi) is 4.83. The largest absolute Gasteiger partial charge is 0.495 e. The second-order valence-corrected chi connectivity index (χ2v) is 5.56. The quantitative estimate of drug-likeness (QED) is 0.908. The van der Waals surface area contributed by atoms with Gasteiger partial charge in [0, 0.05) is 13.1 Å². The van der Waals surface area contributed by atoms with Crippen molar-refractivity contribution in [1.29, 1.82) is 0 Å². The Labute approximate surface area is 144 Å². The van der Waals surface area contributed by atoms with Crippen molar-refractivity contribution in [3.05, 3.63) is 54.3 Å². The highest BCUT2D eigenvalue weighted by molar-refractivity contribution is 6.00. The van der Waals surface area contributed by atoms with Crippen LogP contribution >= 0.6 is 0 Å². The summed E-state index contributed by atoms with van der Waals surface area (Å²) in [5.74, 6) is -0.368. The zero-order chi connectivity index (χ0) is 17.8. The normalized spacial score (nSPS) is 13.9. The highest BCUT2D eigenvalue weighted by atomic mass is 19.1. The van der Waals surface area contributed by atoms with Crippen LogP contribution in [-0.2, 0) is 4.79 Å². The Morgan fingerprint density at radius 3 is 2.64 bits per heavy atom. The summed E-state index contributed by atoms with van der Waals surface area (Å²) in [7, 11) is 1.54. The molecule has 2 aromatic rings. The number of rotatable bonds is 5. The molecule has 0 saturated carbocycles. The van der Waals surface area contributed by atoms with Crippen molar-refractivity contribution in [2.45, 2.75) is 0 Å². The Morgan fingerprint density at radius 2 is 1.88 bits per heavy atom. The van der Waals surface area contributed by atoms with Gasteiger partial charge in [-0.05, 0) is 24.3 Å². The second-order valence-electron chi connectivity index (χ2n) is 5.56. The molecule has 0 unspecified atom stereocenters. The summed E-state index contributed by atoms with van der Waals surface area (Å²) in [6.45, 7) is 0.715. The first kappa shape index (κ1) is 16.8. The van der Waals surface area contributed by atoms with Crippen LogP contribution in [0.4, 0.5) is 20.6 Å². The van der Waals surface area contributed by atoms with Gasteiger partial charge in [-0.15, -0.1) is 0 Å². The van der Waals surface area contributed by atoms with Crippen molar-refractivity contribution >= 4 is 23.3 Å². The molecule has 1 saturated heterocycles. The summed E-state index contributed by atoms with van der Waals surface area (Å²) in [4.78, 5) is 27.7. The molecule has 2 aromatic carbocycles. The van der Waals surface area contributed by atoms with Gasteiger partial charge in [-0.25, -0.2) is 9.18 Å². The first-order chi connectivity index (χ1) is 12.1. The van der Waals surface area contributed by atoms with Gasteiger partial charge in [0.15, 0.2) is 0 Å². The van der Waals surface area contributed by atoms with E-state index in [1.165, 1.54) is 17.0 Å². The molecule has 0 aliphatic carbocycles. The summed E-state index contributed by atoms with van der Waals surface area (Å²) < 4.78 is 18.9. The molecule has 130 valence electrons. The number of carbonyl (C=O) groups is 2. The molecule has 0 atom stereocenters. The average Bonchev–Trinajstić information content (AvgIpc) is 2.97.